The highest BCUT2D eigenvalue weighted by molar-refractivity contribution is 6.17. The predicted octanol–water partition coefficient (Wildman–Crippen LogP) is 6.27. The number of carbonyl (C=O) groups is 1. The third-order valence-corrected chi connectivity index (χ3v) is 5.55. The molecule has 2 aromatic carbocycles. The first-order valence-corrected chi connectivity index (χ1v) is 10.3. The van der Waals surface area contributed by atoms with E-state index in [0.717, 1.165) is 34.4 Å². The van der Waals surface area contributed by atoms with E-state index >= 15 is 0 Å². The van der Waals surface area contributed by atoms with E-state index in [1.165, 1.54) is 25.0 Å². The molecule has 7 heteroatoms. The number of hydrogen-bond acceptors (Lipinski definition) is 3. The zero-order chi connectivity index (χ0) is 20.4. The number of benzene rings is 2. The molecule has 4 nitrogen and oxygen atoms in total. The molecule has 0 aliphatic heterocycles. The normalized spacial score (nSPS) is 13.0. The summed E-state index contributed by atoms with van der Waals surface area (Å²) in [7, 11) is 0. The predicted molar refractivity (Wildman–Crippen MR) is 120 cm³/mol. The molecule has 0 unspecified atom stereocenters. The molecule has 1 heterocycles. The van der Waals surface area contributed by atoms with Gasteiger partial charge >= 0.3 is 0 Å². The van der Waals surface area contributed by atoms with Gasteiger partial charge in [-0.3, -0.25) is 9.78 Å². The molecule has 1 N–H and O–H groups in total. The lowest BCUT2D eigenvalue weighted by Crippen LogP contribution is -2.15. The Kier molecular flexibility index (Phi) is 7.16. The van der Waals surface area contributed by atoms with E-state index in [-0.39, 0.29) is 18.0 Å². The maximum absolute atomic E-state index is 14.5. The Bertz CT molecular complexity index is 1070. The van der Waals surface area contributed by atoms with Gasteiger partial charge in [0, 0.05) is 29.2 Å². The van der Waals surface area contributed by atoms with Gasteiger partial charge in [0.1, 0.15) is 11.6 Å². The number of hydrogen-bond donors (Lipinski definition) is 1. The summed E-state index contributed by atoms with van der Waals surface area (Å²) < 4.78 is 20.1. The zero-order valence-corrected chi connectivity index (χ0v) is 18.2. The van der Waals surface area contributed by atoms with Crippen molar-refractivity contribution in [3.05, 3.63) is 65.1 Å². The van der Waals surface area contributed by atoms with Crippen LogP contribution in [-0.4, -0.2) is 17.5 Å². The molecule has 0 radical (unpaired) electrons. The molecule has 1 aliphatic carbocycles. The van der Waals surface area contributed by atoms with Gasteiger partial charge in [0.25, 0.3) is 5.91 Å². The molecule has 0 bridgehead atoms. The van der Waals surface area contributed by atoms with Gasteiger partial charge in [0.2, 0.25) is 0 Å². The van der Waals surface area contributed by atoms with Gasteiger partial charge in [-0.05, 0) is 54.7 Å². The van der Waals surface area contributed by atoms with Crippen LogP contribution in [0, 0.1) is 18.7 Å². The molecule has 3 aromatic rings. The quantitative estimate of drug-likeness (QED) is 0.433. The van der Waals surface area contributed by atoms with E-state index < -0.39 is 11.7 Å². The Morgan fingerprint density at radius 1 is 1.27 bits per heavy atom. The smallest absolute Gasteiger partial charge is 0.258 e. The fourth-order valence-corrected chi connectivity index (χ4v) is 3.46. The third-order valence-electron chi connectivity index (χ3n) is 5.24. The Morgan fingerprint density at radius 2 is 2.07 bits per heavy atom. The number of pyridine rings is 1. The lowest BCUT2D eigenvalue weighted by Gasteiger charge is -2.12. The molecule has 158 valence electrons. The van der Waals surface area contributed by atoms with Gasteiger partial charge < -0.3 is 10.1 Å². The number of aromatic nitrogens is 1. The standard InChI is InChI=1S/C23H22ClFN2O2.ClH/c1-14-21(7-4-17-10-16(12-24)13-26-22(14)17)27-23(28)19-6-5-18(11-20(19)25)29-9-8-15-2-3-15;/h4-7,10-11,13,15H,2-3,8-9,12H2,1H3,(H,27,28);1H. The number of fused-ring (bicyclic) bond motifs is 1. The number of ether oxygens (including phenoxy) is 1. The molecule has 4 rings (SSSR count). The van der Waals surface area contributed by atoms with E-state index in [1.807, 2.05) is 19.1 Å². The minimum Gasteiger partial charge on any atom is -0.493 e. The monoisotopic (exact) mass is 448 g/mol. The van der Waals surface area contributed by atoms with Gasteiger partial charge in [0.15, 0.2) is 0 Å². The summed E-state index contributed by atoms with van der Waals surface area (Å²) in [4.78, 5) is 17.1. The van der Waals surface area contributed by atoms with Gasteiger partial charge in [-0.15, -0.1) is 24.0 Å². The van der Waals surface area contributed by atoms with Gasteiger partial charge in [-0.25, -0.2) is 4.39 Å². The Labute approximate surface area is 186 Å². The Hall–Kier alpha value is -2.37. The number of nitrogens with zero attached hydrogens (tertiary/aromatic N) is 1. The molecule has 1 saturated carbocycles. The lowest BCUT2D eigenvalue weighted by molar-refractivity contribution is 0.102. The van der Waals surface area contributed by atoms with Crippen molar-refractivity contribution in [2.45, 2.75) is 32.1 Å². The summed E-state index contributed by atoms with van der Waals surface area (Å²) in [6.07, 6.45) is 5.23. The number of carbonyl (C=O) groups excluding carboxylic acids is 1. The second kappa shape index (κ2) is 9.63. The van der Waals surface area contributed by atoms with E-state index in [1.54, 1.807) is 18.3 Å². The van der Waals surface area contributed by atoms with Gasteiger partial charge in [-0.2, -0.15) is 0 Å². The van der Waals surface area contributed by atoms with Crippen LogP contribution in [0.1, 0.15) is 40.7 Å². The maximum Gasteiger partial charge on any atom is 0.258 e. The van der Waals surface area contributed by atoms with Crippen molar-refractivity contribution in [2.24, 2.45) is 5.92 Å². The van der Waals surface area contributed by atoms with Crippen molar-refractivity contribution in [3.63, 3.8) is 0 Å². The van der Waals surface area contributed by atoms with Crippen LogP contribution in [-0.2, 0) is 5.88 Å². The number of amides is 1. The number of halogens is 3. The number of aryl methyl sites for hydroxylation is 1. The van der Waals surface area contributed by atoms with Crippen LogP contribution < -0.4 is 10.1 Å². The average molecular weight is 449 g/mol. The molecule has 1 amide bonds. The van der Waals surface area contributed by atoms with Gasteiger partial charge in [0.05, 0.1) is 17.7 Å². The third kappa shape index (κ3) is 5.02. The summed E-state index contributed by atoms with van der Waals surface area (Å²) >= 11 is 5.86. The van der Waals surface area contributed by atoms with Crippen molar-refractivity contribution in [2.75, 3.05) is 11.9 Å². The molecule has 1 fully saturated rings. The van der Waals surface area contributed by atoms with E-state index in [0.29, 0.717) is 23.9 Å². The largest absolute Gasteiger partial charge is 0.493 e. The molecule has 1 aromatic heterocycles. The fourth-order valence-electron chi connectivity index (χ4n) is 3.31. The maximum atomic E-state index is 14.5. The first-order valence-electron chi connectivity index (χ1n) is 9.73. The van der Waals surface area contributed by atoms with Crippen molar-refractivity contribution >= 4 is 46.5 Å². The number of anilines is 1. The van der Waals surface area contributed by atoms with Crippen LogP contribution in [0.4, 0.5) is 10.1 Å². The van der Waals surface area contributed by atoms with Crippen molar-refractivity contribution in [3.8, 4) is 5.75 Å². The second-order valence-corrected chi connectivity index (χ2v) is 7.73. The van der Waals surface area contributed by atoms with Crippen LogP contribution in [0.2, 0.25) is 0 Å². The van der Waals surface area contributed by atoms with Crippen LogP contribution >= 0.6 is 24.0 Å². The number of rotatable bonds is 7. The SMILES string of the molecule is Cc1c(NC(=O)c2ccc(OCCC3CC3)cc2F)ccc2cc(CCl)cnc12.Cl. The highest BCUT2D eigenvalue weighted by Crippen LogP contribution is 2.32. The molecule has 0 saturated heterocycles. The summed E-state index contributed by atoms with van der Waals surface area (Å²) in [5.41, 5.74) is 3.09. The lowest BCUT2D eigenvalue weighted by atomic mass is 10.1. The molecular weight excluding hydrogens is 426 g/mol. The van der Waals surface area contributed by atoms with E-state index in [2.05, 4.69) is 10.3 Å². The summed E-state index contributed by atoms with van der Waals surface area (Å²) in [6.45, 7) is 2.45. The summed E-state index contributed by atoms with van der Waals surface area (Å²) in [6, 6.07) is 9.99. The number of nitrogens with one attached hydrogen (secondary N) is 1. The van der Waals surface area contributed by atoms with E-state index in [4.69, 9.17) is 16.3 Å². The topological polar surface area (TPSA) is 51.2 Å². The Morgan fingerprint density at radius 3 is 2.77 bits per heavy atom. The summed E-state index contributed by atoms with van der Waals surface area (Å²) in [5.74, 6) is 0.480. The molecular formula is C23H23Cl2FN2O2. The van der Waals surface area contributed by atoms with Crippen LogP contribution in [0.5, 0.6) is 5.75 Å². The molecule has 0 atom stereocenters. The van der Waals surface area contributed by atoms with Crippen molar-refractivity contribution in [1.29, 1.82) is 0 Å². The molecule has 1 aliphatic rings. The first-order chi connectivity index (χ1) is 14.0. The zero-order valence-electron chi connectivity index (χ0n) is 16.6. The second-order valence-electron chi connectivity index (χ2n) is 7.46. The first kappa shape index (κ1) is 22.3. The van der Waals surface area contributed by atoms with Crippen LogP contribution in [0.15, 0.2) is 42.6 Å². The summed E-state index contributed by atoms with van der Waals surface area (Å²) in [5, 5.41) is 3.73. The van der Waals surface area contributed by atoms with Gasteiger partial charge in [-0.1, -0.05) is 18.9 Å². The Balaban J connectivity index is 0.00000256. The minimum absolute atomic E-state index is 0. The highest BCUT2D eigenvalue weighted by Gasteiger charge is 2.21. The van der Waals surface area contributed by atoms with Crippen LogP contribution in [0.3, 0.4) is 0 Å². The average Bonchev–Trinajstić information content (AvgIpc) is 3.54. The fraction of sp³-hybridized carbons (Fsp3) is 0.304. The molecule has 30 heavy (non-hydrogen) atoms. The minimum atomic E-state index is -0.602. The highest BCUT2D eigenvalue weighted by atomic mass is 35.5. The van der Waals surface area contributed by atoms with Crippen molar-refractivity contribution < 1.29 is 13.9 Å². The van der Waals surface area contributed by atoms with Crippen molar-refractivity contribution in [1.82, 2.24) is 4.98 Å². The van der Waals surface area contributed by atoms with E-state index in [9.17, 15) is 9.18 Å². The number of alkyl halides is 1. The van der Waals surface area contributed by atoms with Crippen LogP contribution in [0.25, 0.3) is 10.9 Å². The molecule has 0 spiro atoms.